The molecule has 1 N–H and O–H groups in total. The van der Waals surface area contributed by atoms with Crippen LogP contribution >= 0.6 is 23.4 Å². The first kappa shape index (κ1) is 22.3. The van der Waals surface area contributed by atoms with E-state index in [4.69, 9.17) is 11.6 Å². The lowest BCUT2D eigenvalue weighted by Crippen LogP contribution is -2.29. The lowest BCUT2D eigenvalue weighted by Gasteiger charge is -2.26. The Kier molecular flexibility index (Phi) is 6.76. The Bertz CT molecular complexity index is 1240. The first-order chi connectivity index (χ1) is 15.4. The number of nitro benzene ring substituents is 1. The number of rotatable bonds is 6. The van der Waals surface area contributed by atoms with E-state index < -0.39 is 10.8 Å². The Morgan fingerprint density at radius 3 is 2.72 bits per heavy atom. The van der Waals surface area contributed by atoms with Gasteiger partial charge >= 0.3 is 0 Å². The number of hydrogen-bond acceptors (Lipinski definition) is 6. The SMILES string of the molecule is O=C(CSc1nc2ccccc2c(=O)n1C1CCCCC1)Nc1ccc(Cl)cc1[N+](=O)[O-]. The quantitative estimate of drug-likeness (QED) is 0.229. The molecule has 0 atom stereocenters. The molecule has 4 rings (SSSR count). The molecule has 1 amide bonds. The molecule has 0 aliphatic heterocycles. The summed E-state index contributed by atoms with van der Waals surface area (Å²) >= 11 is 6.99. The van der Waals surface area contributed by atoms with Crippen LogP contribution in [-0.4, -0.2) is 26.1 Å². The number of fused-ring (bicyclic) bond motifs is 1. The number of aromatic nitrogens is 2. The van der Waals surface area contributed by atoms with Gasteiger partial charge in [-0.25, -0.2) is 4.98 Å². The largest absolute Gasteiger partial charge is 0.320 e. The highest BCUT2D eigenvalue weighted by molar-refractivity contribution is 7.99. The number of nitrogens with zero attached hydrogens (tertiary/aromatic N) is 3. The molecule has 0 spiro atoms. The molecule has 8 nitrogen and oxygen atoms in total. The second-order valence-corrected chi connectivity index (χ2v) is 9.01. The number of nitro groups is 1. The van der Waals surface area contributed by atoms with Crippen molar-refractivity contribution in [3.05, 3.63) is 68.0 Å². The maximum absolute atomic E-state index is 13.3. The zero-order valence-electron chi connectivity index (χ0n) is 17.1. The van der Waals surface area contributed by atoms with E-state index in [0.717, 1.165) is 43.9 Å². The zero-order chi connectivity index (χ0) is 22.7. The van der Waals surface area contributed by atoms with Gasteiger partial charge in [0.2, 0.25) is 5.91 Å². The summed E-state index contributed by atoms with van der Waals surface area (Å²) in [6.45, 7) is 0. The van der Waals surface area contributed by atoms with Gasteiger partial charge in [-0.3, -0.25) is 24.3 Å². The summed E-state index contributed by atoms with van der Waals surface area (Å²) in [6, 6.07) is 11.3. The van der Waals surface area contributed by atoms with Gasteiger partial charge in [-0.1, -0.05) is 54.8 Å². The molecule has 1 heterocycles. The average Bonchev–Trinajstić information content (AvgIpc) is 2.79. The van der Waals surface area contributed by atoms with Gasteiger partial charge in [0.1, 0.15) is 5.69 Å². The minimum Gasteiger partial charge on any atom is -0.320 e. The zero-order valence-corrected chi connectivity index (χ0v) is 18.7. The Morgan fingerprint density at radius 1 is 1.22 bits per heavy atom. The Hall–Kier alpha value is -2.91. The van der Waals surface area contributed by atoms with Gasteiger partial charge in [0.15, 0.2) is 5.16 Å². The average molecular weight is 473 g/mol. The first-order valence-electron chi connectivity index (χ1n) is 10.3. The fourth-order valence-corrected chi connectivity index (χ4v) is 5.00. The molecule has 1 aliphatic carbocycles. The Balaban J connectivity index is 1.59. The number of para-hydroxylation sites is 1. The highest BCUT2D eigenvalue weighted by Crippen LogP contribution is 2.32. The molecule has 3 aromatic rings. The van der Waals surface area contributed by atoms with Gasteiger partial charge in [0.25, 0.3) is 11.2 Å². The monoisotopic (exact) mass is 472 g/mol. The predicted octanol–water partition coefficient (Wildman–Crippen LogP) is 5.19. The van der Waals surface area contributed by atoms with E-state index >= 15 is 0 Å². The number of carbonyl (C=O) groups is 1. The third kappa shape index (κ3) is 4.78. The molecular formula is C22H21ClN4O4S. The second kappa shape index (κ2) is 9.70. The minimum absolute atomic E-state index is 0.0444. The molecule has 1 saturated carbocycles. The number of carbonyl (C=O) groups excluding carboxylic acids is 1. The van der Waals surface area contributed by atoms with Crippen LogP contribution in [-0.2, 0) is 4.79 Å². The third-order valence-electron chi connectivity index (χ3n) is 5.48. The number of thioether (sulfide) groups is 1. The predicted molar refractivity (Wildman–Crippen MR) is 126 cm³/mol. The van der Waals surface area contributed by atoms with Crippen LogP contribution in [0.4, 0.5) is 11.4 Å². The summed E-state index contributed by atoms with van der Waals surface area (Å²) in [5.74, 6) is -0.477. The summed E-state index contributed by atoms with van der Waals surface area (Å²) in [5.41, 5.74) is 0.277. The van der Waals surface area contributed by atoms with Crippen molar-refractivity contribution in [2.24, 2.45) is 0 Å². The van der Waals surface area contributed by atoms with E-state index in [0.29, 0.717) is 16.1 Å². The molecule has 1 aromatic heterocycles. The van der Waals surface area contributed by atoms with Gasteiger partial charge < -0.3 is 5.32 Å². The molecule has 0 unspecified atom stereocenters. The molecule has 32 heavy (non-hydrogen) atoms. The fourth-order valence-electron chi connectivity index (χ4n) is 3.97. The van der Waals surface area contributed by atoms with Crippen LogP contribution in [0.25, 0.3) is 10.9 Å². The summed E-state index contributed by atoms with van der Waals surface area (Å²) in [6.07, 6.45) is 5.05. The summed E-state index contributed by atoms with van der Waals surface area (Å²) in [4.78, 5) is 41.2. The van der Waals surface area contributed by atoms with Gasteiger partial charge in [-0.15, -0.1) is 0 Å². The van der Waals surface area contributed by atoms with Crippen molar-refractivity contribution in [3.8, 4) is 0 Å². The summed E-state index contributed by atoms with van der Waals surface area (Å²) in [5, 5.41) is 15.1. The summed E-state index contributed by atoms with van der Waals surface area (Å²) < 4.78 is 1.73. The molecule has 0 radical (unpaired) electrons. The van der Waals surface area contributed by atoms with Crippen molar-refractivity contribution in [1.29, 1.82) is 0 Å². The van der Waals surface area contributed by atoms with E-state index in [1.54, 1.807) is 16.7 Å². The van der Waals surface area contributed by atoms with E-state index in [-0.39, 0.29) is 33.8 Å². The summed E-state index contributed by atoms with van der Waals surface area (Å²) in [7, 11) is 0. The molecule has 2 aromatic carbocycles. The van der Waals surface area contributed by atoms with Gasteiger partial charge in [0, 0.05) is 17.1 Å². The highest BCUT2D eigenvalue weighted by Gasteiger charge is 2.23. The van der Waals surface area contributed by atoms with Crippen LogP contribution in [0.15, 0.2) is 52.4 Å². The van der Waals surface area contributed by atoms with Crippen molar-refractivity contribution < 1.29 is 9.72 Å². The molecule has 0 saturated heterocycles. The van der Waals surface area contributed by atoms with Crippen LogP contribution in [0.3, 0.4) is 0 Å². The van der Waals surface area contributed by atoms with Crippen molar-refractivity contribution in [2.75, 3.05) is 11.1 Å². The topological polar surface area (TPSA) is 107 Å². The van der Waals surface area contributed by atoms with Crippen LogP contribution in [0, 0.1) is 10.1 Å². The van der Waals surface area contributed by atoms with Crippen molar-refractivity contribution >= 4 is 51.5 Å². The molecule has 1 aliphatic rings. The lowest BCUT2D eigenvalue weighted by molar-refractivity contribution is -0.383. The lowest BCUT2D eigenvalue weighted by atomic mass is 9.95. The van der Waals surface area contributed by atoms with Crippen LogP contribution in [0.2, 0.25) is 5.02 Å². The number of halogens is 1. The number of anilines is 1. The van der Waals surface area contributed by atoms with Crippen molar-refractivity contribution in [1.82, 2.24) is 9.55 Å². The Labute approximate surface area is 193 Å². The normalized spacial score (nSPS) is 14.4. The van der Waals surface area contributed by atoms with Crippen LogP contribution in [0.1, 0.15) is 38.1 Å². The standard InChI is InChI=1S/C22H21ClN4O4S/c23-14-10-11-18(19(12-14)27(30)31)24-20(28)13-32-22-25-17-9-5-4-8-16(17)21(29)26(22)15-6-2-1-3-7-15/h4-5,8-12,15H,1-3,6-7,13H2,(H,24,28). The molecule has 10 heteroatoms. The Morgan fingerprint density at radius 2 is 1.97 bits per heavy atom. The van der Waals surface area contributed by atoms with Crippen LogP contribution < -0.4 is 10.9 Å². The molecule has 166 valence electrons. The first-order valence-corrected chi connectivity index (χ1v) is 11.7. The third-order valence-corrected chi connectivity index (χ3v) is 6.67. The van der Waals surface area contributed by atoms with Gasteiger partial charge in [0.05, 0.1) is 21.6 Å². The molecule has 1 fully saturated rings. The smallest absolute Gasteiger partial charge is 0.294 e. The number of hydrogen-bond donors (Lipinski definition) is 1. The van der Waals surface area contributed by atoms with Crippen molar-refractivity contribution in [3.63, 3.8) is 0 Å². The minimum atomic E-state index is -0.597. The molecular weight excluding hydrogens is 452 g/mol. The van der Waals surface area contributed by atoms with Crippen molar-refractivity contribution in [2.45, 2.75) is 43.3 Å². The van der Waals surface area contributed by atoms with E-state index in [9.17, 15) is 19.7 Å². The van der Waals surface area contributed by atoms with Gasteiger partial charge in [-0.05, 0) is 37.1 Å². The molecule has 0 bridgehead atoms. The van der Waals surface area contributed by atoms with E-state index in [1.165, 1.54) is 18.2 Å². The maximum Gasteiger partial charge on any atom is 0.294 e. The maximum atomic E-state index is 13.3. The van der Waals surface area contributed by atoms with E-state index in [2.05, 4.69) is 10.3 Å². The highest BCUT2D eigenvalue weighted by atomic mass is 35.5. The van der Waals surface area contributed by atoms with E-state index in [1.807, 2.05) is 12.1 Å². The second-order valence-electron chi connectivity index (χ2n) is 7.63. The number of nitrogens with one attached hydrogen (secondary N) is 1. The number of benzene rings is 2. The van der Waals surface area contributed by atoms with Gasteiger partial charge in [-0.2, -0.15) is 0 Å². The number of amides is 1. The van der Waals surface area contributed by atoms with Crippen LogP contribution in [0.5, 0.6) is 0 Å². The fraction of sp³-hybridized carbons (Fsp3) is 0.318.